The zero-order valence-corrected chi connectivity index (χ0v) is 13.7. The minimum Gasteiger partial charge on any atom is -0.383 e. The lowest BCUT2D eigenvalue weighted by Crippen LogP contribution is -2.40. The van der Waals surface area contributed by atoms with Crippen LogP contribution in [0.5, 0.6) is 0 Å². The maximum atomic E-state index is 8.83. The average molecular weight is 324 g/mol. The number of hydrogen-bond acceptors (Lipinski definition) is 3. The number of anilines is 1. The Hall–Kier alpha value is -1.05. The van der Waals surface area contributed by atoms with Crippen molar-refractivity contribution in [2.45, 2.75) is 39.8 Å². The minimum atomic E-state index is 0.547. The van der Waals surface area contributed by atoms with Crippen molar-refractivity contribution >= 4 is 21.6 Å². The molecule has 4 heteroatoms. The molecule has 0 unspecified atom stereocenters. The zero-order chi connectivity index (χ0) is 14.4. The van der Waals surface area contributed by atoms with Crippen LogP contribution < -0.4 is 5.32 Å². The van der Waals surface area contributed by atoms with Crippen LogP contribution in [0.2, 0.25) is 0 Å². The summed E-state index contributed by atoms with van der Waals surface area (Å²) in [6.45, 7) is 10.8. The fourth-order valence-corrected chi connectivity index (χ4v) is 2.68. The Morgan fingerprint density at radius 1 is 1.26 bits per heavy atom. The van der Waals surface area contributed by atoms with Gasteiger partial charge in [0.2, 0.25) is 0 Å². The van der Waals surface area contributed by atoms with Crippen LogP contribution in [0, 0.1) is 11.3 Å². The highest BCUT2D eigenvalue weighted by Gasteiger charge is 2.12. The SMILES string of the molecule is CC(C)N(CCNc1ccc(C#N)cc1Br)C(C)C. The van der Waals surface area contributed by atoms with Crippen LogP contribution in [0.15, 0.2) is 22.7 Å². The first-order valence-corrected chi connectivity index (χ1v) is 7.44. The first-order chi connectivity index (χ1) is 8.95. The molecule has 1 aromatic carbocycles. The summed E-state index contributed by atoms with van der Waals surface area (Å²) in [5.74, 6) is 0. The first-order valence-electron chi connectivity index (χ1n) is 6.65. The van der Waals surface area contributed by atoms with E-state index < -0.39 is 0 Å². The van der Waals surface area contributed by atoms with Crippen molar-refractivity contribution < 1.29 is 0 Å². The van der Waals surface area contributed by atoms with Crippen LogP contribution in [-0.2, 0) is 0 Å². The lowest BCUT2D eigenvalue weighted by Gasteiger charge is -2.30. The van der Waals surface area contributed by atoms with Gasteiger partial charge in [-0.3, -0.25) is 4.90 Å². The van der Waals surface area contributed by atoms with Crippen LogP contribution in [-0.4, -0.2) is 30.1 Å². The Balaban J connectivity index is 2.56. The predicted molar refractivity (Wildman–Crippen MR) is 84.3 cm³/mol. The summed E-state index contributed by atoms with van der Waals surface area (Å²) in [5, 5.41) is 12.2. The third kappa shape index (κ3) is 4.85. The molecule has 0 aromatic heterocycles. The summed E-state index contributed by atoms with van der Waals surface area (Å²) in [7, 11) is 0. The molecule has 0 saturated heterocycles. The smallest absolute Gasteiger partial charge is 0.0992 e. The first kappa shape index (κ1) is 16.0. The van der Waals surface area contributed by atoms with Crippen molar-refractivity contribution in [1.29, 1.82) is 5.26 Å². The van der Waals surface area contributed by atoms with Crippen molar-refractivity contribution in [3.05, 3.63) is 28.2 Å². The zero-order valence-electron chi connectivity index (χ0n) is 12.1. The lowest BCUT2D eigenvalue weighted by atomic mass is 10.2. The molecule has 0 saturated carbocycles. The highest BCUT2D eigenvalue weighted by atomic mass is 79.9. The van der Waals surface area contributed by atoms with Crippen LogP contribution in [0.3, 0.4) is 0 Å². The summed E-state index contributed by atoms with van der Waals surface area (Å²) < 4.78 is 0.937. The Morgan fingerprint density at radius 3 is 2.37 bits per heavy atom. The molecular weight excluding hydrogens is 302 g/mol. The molecule has 0 amide bonds. The molecule has 3 nitrogen and oxygen atoms in total. The topological polar surface area (TPSA) is 39.1 Å². The molecule has 0 spiro atoms. The fourth-order valence-electron chi connectivity index (χ4n) is 2.16. The Morgan fingerprint density at radius 2 is 1.89 bits per heavy atom. The van der Waals surface area contributed by atoms with Crippen LogP contribution in [0.4, 0.5) is 5.69 Å². The monoisotopic (exact) mass is 323 g/mol. The highest BCUT2D eigenvalue weighted by molar-refractivity contribution is 9.10. The van der Waals surface area contributed by atoms with Crippen molar-refractivity contribution in [3.8, 4) is 6.07 Å². The number of hydrogen-bond donors (Lipinski definition) is 1. The van der Waals surface area contributed by atoms with E-state index >= 15 is 0 Å². The van der Waals surface area contributed by atoms with Gasteiger partial charge in [0.1, 0.15) is 0 Å². The second-order valence-electron chi connectivity index (χ2n) is 5.16. The number of halogens is 1. The van der Waals surface area contributed by atoms with Crippen molar-refractivity contribution in [1.82, 2.24) is 4.90 Å². The van der Waals surface area contributed by atoms with E-state index in [1.807, 2.05) is 18.2 Å². The molecule has 0 fully saturated rings. The molecule has 0 atom stereocenters. The average Bonchev–Trinajstić information content (AvgIpc) is 2.35. The summed E-state index contributed by atoms with van der Waals surface area (Å²) >= 11 is 3.49. The molecule has 0 radical (unpaired) electrons. The number of nitrogens with zero attached hydrogens (tertiary/aromatic N) is 2. The fraction of sp³-hybridized carbons (Fsp3) is 0.533. The lowest BCUT2D eigenvalue weighted by molar-refractivity contribution is 0.182. The minimum absolute atomic E-state index is 0.547. The molecule has 1 rings (SSSR count). The molecule has 0 aliphatic heterocycles. The van der Waals surface area contributed by atoms with Gasteiger partial charge >= 0.3 is 0 Å². The Kier molecular flexibility index (Phi) is 6.33. The van der Waals surface area contributed by atoms with Gasteiger partial charge in [-0.15, -0.1) is 0 Å². The van der Waals surface area contributed by atoms with Crippen LogP contribution in [0.25, 0.3) is 0 Å². The van der Waals surface area contributed by atoms with Gasteiger partial charge in [-0.1, -0.05) is 0 Å². The maximum Gasteiger partial charge on any atom is 0.0992 e. The largest absolute Gasteiger partial charge is 0.383 e. The van der Waals surface area contributed by atoms with Gasteiger partial charge in [-0.2, -0.15) is 5.26 Å². The van der Waals surface area contributed by atoms with Gasteiger partial charge < -0.3 is 5.32 Å². The Labute approximate surface area is 124 Å². The van der Waals surface area contributed by atoms with Crippen LogP contribution in [0.1, 0.15) is 33.3 Å². The molecule has 1 N–H and O–H groups in total. The Bertz CT molecular complexity index is 441. The standard InChI is InChI=1S/C15H22BrN3/c1-11(2)19(12(3)4)8-7-18-15-6-5-13(10-17)9-14(15)16/h5-6,9,11-12,18H,7-8H2,1-4H3. The summed E-state index contributed by atoms with van der Waals surface area (Å²) in [4.78, 5) is 2.45. The second-order valence-corrected chi connectivity index (χ2v) is 6.01. The number of benzene rings is 1. The van der Waals surface area contributed by atoms with E-state index in [9.17, 15) is 0 Å². The van der Waals surface area contributed by atoms with E-state index in [2.05, 4.69) is 59.9 Å². The summed E-state index contributed by atoms with van der Waals surface area (Å²) in [6.07, 6.45) is 0. The van der Waals surface area contributed by atoms with Gasteiger partial charge in [-0.25, -0.2) is 0 Å². The van der Waals surface area contributed by atoms with Gasteiger partial charge in [0.25, 0.3) is 0 Å². The summed E-state index contributed by atoms with van der Waals surface area (Å²) in [6, 6.07) is 8.84. The molecule has 0 aliphatic carbocycles. The molecular formula is C15H22BrN3. The number of rotatable bonds is 6. The summed E-state index contributed by atoms with van der Waals surface area (Å²) in [5.41, 5.74) is 1.70. The highest BCUT2D eigenvalue weighted by Crippen LogP contribution is 2.23. The quantitative estimate of drug-likeness (QED) is 0.864. The van der Waals surface area contributed by atoms with E-state index in [0.29, 0.717) is 17.6 Å². The van der Waals surface area contributed by atoms with E-state index in [1.165, 1.54) is 0 Å². The molecule has 0 bridgehead atoms. The molecule has 19 heavy (non-hydrogen) atoms. The molecule has 1 aromatic rings. The number of nitrogens with one attached hydrogen (secondary N) is 1. The van der Waals surface area contributed by atoms with Crippen LogP contribution >= 0.6 is 15.9 Å². The maximum absolute atomic E-state index is 8.83. The molecule has 104 valence electrons. The van der Waals surface area contributed by atoms with Gasteiger partial charge in [0, 0.05) is 35.3 Å². The third-order valence-electron chi connectivity index (χ3n) is 3.11. The van der Waals surface area contributed by atoms with Crippen molar-refractivity contribution in [3.63, 3.8) is 0 Å². The van der Waals surface area contributed by atoms with Gasteiger partial charge in [0.05, 0.1) is 11.6 Å². The van der Waals surface area contributed by atoms with Gasteiger partial charge in [0.15, 0.2) is 0 Å². The predicted octanol–water partition coefficient (Wildman–Crippen LogP) is 3.85. The third-order valence-corrected chi connectivity index (χ3v) is 3.77. The molecule has 0 heterocycles. The van der Waals surface area contributed by atoms with E-state index in [-0.39, 0.29) is 0 Å². The van der Waals surface area contributed by atoms with Gasteiger partial charge in [-0.05, 0) is 61.8 Å². The number of nitriles is 1. The normalized spacial score (nSPS) is 11.1. The van der Waals surface area contributed by atoms with E-state index in [4.69, 9.17) is 5.26 Å². The van der Waals surface area contributed by atoms with Crippen molar-refractivity contribution in [2.75, 3.05) is 18.4 Å². The van der Waals surface area contributed by atoms with E-state index in [0.717, 1.165) is 23.2 Å². The van der Waals surface area contributed by atoms with Crippen molar-refractivity contribution in [2.24, 2.45) is 0 Å². The molecule has 0 aliphatic rings. The second kappa shape index (κ2) is 7.52. The van der Waals surface area contributed by atoms with E-state index in [1.54, 1.807) is 0 Å².